The van der Waals surface area contributed by atoms with Crippen LogP contribution in [-0.4, -0.2) is 47.1 Å². The molecule has 8 heteroatoms. The minimum atomic E-state index is -0.336. The molecule has 2 aliphatic rings. The lowest BCUT2D eigenvalue weighted by Gasteiger charge is -2.37. The van der Waals surface area contributed by atoms with E-state index in [1.807, 2.05) is 4.90 Å². The van der Waals surface area contributed by atoms with Crippen molar-refractivity contribution < 1.29 is 4.92 Å². The van der Waals surface area contributed by atoms with Gasteiger partial charge in [-0.25, -0.2) is 9.97 Å². The fourth-order valence-corrected chi connectivity index (χ4v) is 4.55. The van der Waals surface area contributed by atoms with Gasteiger partial charge in [0, 0.05) is 37.9 Å². The normalized spacial score (nSPS) is 17.8. The van der Waals surface area contributed by atoms with Crippen molar-refractivity contribution in [3.05, 3.63) is 45.8 Å². The highest BCUT2D eigenvalue weighted by Gasteiger charge is 2.30. The molecule has 2 fully saturated rings. The second-order valence-electron chi connectivity index (χ2n) is 8.32. The van der Waals surface area contributed by atoms with Gasteiger partial charge in [0.25, 0.3) is 0 Å². The van der Waals surface area contributed by atoms with Crippen molar-refractivity contribution >= 4 is 23.0 Å². The Balaban J connectivity index is 1.52. The number of nitro groups is 1. The molecule has 1 aromatic heterocycles. The number of hydrogen-bond acceptors (Lipinski definition) is 7. The fraction of sp³-hybridized carbons (Fsp3) is 0.545. The zero-order valence-electron chi connectivity index (χ0n) is 17.8. The third-order valence-corrected chi connectivity index (χ3v) is 6.43. The van der Waals surface area contributed by atoms with Crippen molar-refractivity contribution in [2.45, 2.75) is 52.0 Å². The van der Waals surface area contributed by atoms with Crippen LogP contribution in [0.5, 0.6) is 0 Å². The van der Waals surface area contributed by atoms with E-state index in [0.717, 1.165) is 38.8 Å². The van der Waals surface area contributed by atoms with Crippen LogP contribution in [0.25, 0.3) is 0 Å². The highest BCUT2D eigenvalue weighted by molar-refractivity contribution is 5.71. The molecule has 0 amide bonds. The molecule has 4 rings (SSSR count). The number of nitrogens with zero attached hydrogens (tertiary/aromatic N) is 5. The molecule has 1 aliphatic carbocycles. The molecular weight excluding hydrogens is 380 g/mol. The van der Waals surface area contributed by atoms with Crippen molar-refractivity contribution in [3.63, 3.8) is 0 Å². The lowest BCUT2D eigenvalue weighted by Crippen LogP contribution is -2.47. The smallest absolute Gasteiger partial charge is 0.353 e. The van der Waals surface area contributed by atoms with Crippen LogP contribution in [0.15, 0.2) is 24.5 Å². The first-order chi connectivity index (χ1) is 14.5. The molecule has 2 aromatic rings. The molecule has 1 saturated carbocycles. The molecule has 2 heterocycles. The maximum absolute atomic E-state index is 11.9. The van der Waals surface area contributed by atoms with Gasteiger partial charge in [-0.3, -0.25) is 10.1 Å². The number of aromatic nitrogens is 2. The third-order valence-electron chi connectivity index (χ3n) is 6.43. The average molecular weight is 411 g/mol. The van der Waals surface area contributed by atoms with Crippen molar-refractivity contribution in [3.8, 4) is 0 Å². The molecule has 160 valence electrons. The summed E-state index contributed by atoms with van der Waals surface area (Å²) < 4.78 is 0. The lowest BCUT2D eigenvalue weighted by atomic mass is 9.95. The predicted octanol–water partition coefficient (Wildman–Crippen LogP) is 4.07. The van der Waals surface area contributed by atoms with Gasteiger partial charge in [0.05, 0.1) is 4.92 Å². The summed E-state index contributed by atoms with van der Waals surface area (Å²) in [6, 6.07) is 6.61. The minimum absolute atomic E-state index is 0.00302. The maximum Gasteiger partial charge on any atom is 0.353 e. The number of hydrogen-bond donors (Lipinski definition) is 1. The van der Waals surface area contributed by atoms with Gasteiger partial charge in [-0.15, -0.1) is 0 Å². The molecule has 0 spiro atoms. The van der Waals surface area contributed by atoms with E-state index in [-0.39, 0.29) is 16.7 Å². The average Bonchev–Trinajstić information content (AvgIpc) is 2.76. The van der Waals surface area contributed by atoms with Gasteiger partial charge in [0.2, 0.25) is 11.6 Å². The number of aryl methyl sites for hydroxylation is 1. The Morgan fingerprint density at radius 1 is 1.03 bits per heavy atom. The van der Waals surface area contributed by atoms with Gasteiger partial charge < -0.3 is 15.1 Å². The summed E-state index contributed by atoms with van der Waals surface area (Å²) in [4.78, 5) is 24.5. The molecule has 0 radical (unpaired) electrons. The Morgan fingerprint density at radius 3 is 2.43 bits per heavy atom. The number of nitrogens with one attached hydrogen (secondary N) is 1. The van der Waals surface area contributed by atoms with Crippen LogP contribution in [0.2, 0.25) is 0 Å². The van der Waals surface area contributed by atoms with Crippen LogP contribution in [0.4, 0.5) is 23.0 Å². The molecule has 30 heavy (non-hydrogen) atoms. The van der Waals surface area contributed by atoms with E-state index in [2.05, 4.69) is 52.2 Å². The standard InChI is InChI=1S/C22H30N6O2/c1-16-7-6-10-19(17(16)2)26-11-13-27(14-12-26)22-20(28(29)30)21(23-15-24-22)25-18-8-4-3-5-9-18/h6-7,10,15,18H,3-5,8-9,11-14H2,1-2H3,(H,23,24,25). The van der Waals surface area contributed by atoms with Gasteiger partial charge in [0.15, 0.2) is 0 Å². The first-order valence-electron chi connectivity index (χ1n) is 10.9. The number of rotatable bonds is 5. The van der Waals surface area contributed by atoms with Crippen molar-refractivity contribution in [1.82, 2.24) is 9.97 Å². The van der Waals surface area contributed by atoms with E-state index in [1.165, 1.54) is 29.6 Å². The van der Waals surface area contributed by atoms with Gasteiger partial charge in [0.1, 0.15) is 6.33 Å². The van der Waals surface area contributed by atoms with Crippen LogP contribution in [0, 0.1) is 24.0 Å². The van der Waals surface area contributed by atoms with Gasteiger partial charge in [-0.2, -0.15) is 0 Å². The Bertz CT molecular complexity index is 904. The first-order valence-corrected chi connectivity index (χ1v) is 10.9. The molecule has 0 atom stereocenters. The summed E-state index contributed by atoms with van der Waals surface area (Å²) in [5, 5.41) is 15.3. The van der Waals surface area contributed by atoms with Crippen LogP contribution >= 0.6 is 0 Å². The summed E-state index contributed by atoms with van der Waals surface area (Å²) in [6.45, 7) is 7.26. The molecule has 1 aromatic carbocycles. The number of anilines is 3. The minimum Gasteiger partial charge on any atom is -0.368 e. The predicted molar refractivity (Wildman–Crippen MR) is 120 cm³/mol. The molecule has 1 aliphatic heterocycles. The lowest BCUT2D eigenvalue weighted by molar-refractivity contribution is -0.383. The fourth-order valence-electron chi connectivity index (χ4n) is 4.55. The second-order valence-corrected chi connectivity index (χ2v) is 8.32. The maximum atomic E-state index is 11.9. The molecule has 0 bridgehead atoms. The van der Waals surface area contributed by atoms with E-state index in [4.69, 9.17) is 0 Å². The van der Waals surface area contributed by atoms with E-state index < -0.39 is 0 Å². The quantitative estimate of drug-likeness (QED) is 0.587. The van der Waals surface area contributed by atoms with E-state index >= 15 is 0 Å². The summed E-state index contributed by atoms with van der Waals surface area (Å²) in [5.74, 6) is 0.780. The molecule has 8 nitrogen and oxygen atoms in total. The second kappa shape index (κ2) is 8.85. The van der Waals surface area contributed by atoms with Gasteiger partial charge in [-0.1, -0.05) is 31.4 Å². The number of benzene rings is 1. The van der Waals surface area contributed by atoms with Crippen LogP contribution in [0.3, 0.4) is 0 Å². The summed E-state index contributed by atoms with van der Waals surface area (Å²) in [7, 11) is 0. The molecule has 1 N–H and O–H groups in total. The SMILES string of the molecule is Cc1cccc(N2CCN(c3ncnc(NC4CCCCC4)c3[N+](=O)[O-])CC2)c1C. The molecule has 1 saturated heterocycles. The van der Waals surface area contributed by atoms with Crippen LogP contribution in [0.1, 0.15) is 43.2 Å². The topological polar surface area (TPSA) is 87.4 Å². The van der Waals surface area contributed by atoms with Gasteiger partial charge >= 0.3 is 5.69 Å². The van der Waals surface area contributed by atoms with E-state index in [0.29, 0.717) is 24.7 Å². The Kier molecular flexibility index (Phi) is 6.01. The van der Waals surface area contributed by atoms with E-state index in [1.54, 1.807) is 0 Å². The summed E-state index contributed by atoms with van der Waals surface area (Å²) in [5.41, 5.74) is 3.81. The Hall–Kier alpha value is -2.90. The highest BCUT2D eigenvalue weighted by Crippen LogP contribution is 2.34. The zero-order valence-corrected chi connectivity index (χ0v) is 17.8. The zero-order chi connectivity index (χ0) is 21.1. The van der Waals surface area contributed by atoms with Gasteiger partial charge in [-0.05, 0) is 43.9 Å². The largest absolute Gasteiger partial charge is 0.368 e. The van der Waals surface area contributed by atoms with Crippen LogP contribution in [-0.2, 0) is 0 Å². The molecule has 0 unspecified atom stereocenters. The highest BCUT2D eigenvalue weighted by atomic mass is 16.6. The van der Waals surface area contributed by atoms with E-state index in [9.17, 15) is 10.1 Å². The monoisotopic (exact) mass is 410 g/mol. The Labute approximate surface area is 177 Å². The van der Waals surface area contributed by atoms with Crippen molar-refractivity contribution in [1.29, 1.82) is 0 Å². The Morgan fingerprint density at radius 2 is 1.73 bits per heavy atom. The molecular formula is C22H30N6O2. The van der Waals surface area contributed by atoms with Crippen molar-refractivity contribution in [2.75, 3.05) is 41.3 Å². The summed E-state index contributed by atoms with van der Waals surface area (Å²) in [6.07, 6.45) is 7.06. The third kappa shape index (κ3) is 4.17. The number of piperazine rings is 1. The van der Waals surface area contributed by atoms with Crippen LogP contribution < -0.4 is 15.1 Å². The first kappa shape index (κ1) is 20.4. The van der Waals surface area contributed by atoms with Crippen molar-refractivity contribution in [2.24, 2.45) is 0 Å². The summed E-state index contributed by atoms with van der Waals surface area (Å²) >= 11 is 0.